The quantitative estimate of drug-likeness (QED) is 0.312. The lowest BCUT2D eigenvalue weighted by Crippen LogP contribution is -2.17. The molecule has 0 atom stereocenters. The zero-order valence-electron chi connectivity index (χ0n) is 15.3. The highest BCUT2D eigenvalue weighted by Crippen LogP contribution is 2.35. The highest BCUT2D eigenvalue weighted by atomic mass is 35.5. The number of fused-ring (bicyclic) bond motifs is 1. The van der Waals surface area contributed by atoms with E-state index in [4.69, 9.17) is 44.0 Å². The van der Waals surface area contributed by atoms with E-state index < -0.39 is 17.8 Å². The van der Waals surface area contributed by atoms with Crippen molar-refractivity contribution >= 4 is 51.6 Å². The van der Waals surface area contributed by atoms with Crippen LogP contribution in [0.2, 0.25) is 15.1 Å². The van der Waals surface area contributed by atoms with E-state index in [2.05, 4.69) is 0 Å². The fourth-order valence-corrected chi connectivity index (χ4v) is 3.75. The SMILES string of the molecule is O=C(COc1c(-c2ccccc2Cl)oc2ccccc2c1=O)c1ccc(Cl)cc1Cl. The Morgan fingerprint density at radius 2 is 1.63 bits per heavy atom. The molecule has 0 aliphatic heterocycles. The molecule has 0 bridgehead atoms. The number of rotatable bonds is 5. The molecule has 0 N–H and O–H groups in total. The largest absolute Gasteiger partial charge is 0.478 e. The van der Waals surface area contributed by atoms with Gasteiger partial charge in [0, 0.05) is 16.1 Å². The molecular weight excluding hydrogens is 447 g/mol. The van der Waals surface area contributed by atoms with E-state index in [9.17, 15) is 9.59 Å². The second kappa shape index (κ2) is 8.52. The fourth-order valence-electron chi connectivity index (χ4n) is 3.01. The summed E-state index contributed by atoms with van der Waals surface area (Å²) >= 11 is 18.3. The molecule has 0 unspecified atom stereocenters. The first kappa shape index (κ1) is 20.5. The molecular formula is C23H13Cl3O4. The summed E-state index contributed by atoms with van der Waals surface area (Å²) in [5, 5.41) is 1.33. The third-order valence-corrected chi connectivity index (χ3v) is 5.33. The van der Waals surface area contributed by atoms with Gasteiger partial charge in [0.25, 0.3) is 0 Å². The number of benzene rings is 3. The topological polar surface area (TPSA) is 56.5 Å². The van der Waals surface area contributed by atoms with Gasteiger partial charge in [0.15, 0.2) is 12.4 Å². The van der Waals surface area contributed by atoms with Crippen LogP contribution in [0.3, 0.4) is 0 Å². The van der Waals surface area contributed by atoms with Gasteiger partial charge in [0.05, 0.1) is 15.4 Å². The second-order valence-corrected chi connectivity index (χ2v) is 7.65. The highest BCUT2D eigenvalue weighted by Gasteiger charge is 2.21. The summed E-state index contributed by atoms with van der Waals surface area (Å²) < 4.78 is 11.6. The molecule has 4 nitrogen and oxygen atoms in total. The van der Waals surface area contributed by atoms with E-state index in [0.29, 0.717) is 26.6 Å². The Balaban J connectivity index is 1.78. The minimum absolute atomic E-state index is 0.0970. The van der Waals surface area contributed by atoms with Gasteiger partial charge in [-0.1, -0.05) is 59.1 Å². The van der Waals surface area contributed by atoms with Crippen molar-refractivity contribution in [1.82, 2.24) is 0 Å². The molecule has 1 heterocycles. The van der Waals surface area contributed by atoms with Crippen LogP contribution < -0.4 is 10.2 Å². The van der Waals surface area contributed by atoms with Crippen molar-refractivity contribution in [1.29, 1.82) is 0 Å². The van der Waals surface area contributed by atoms with E-state index >= 15 is 0 Å². The number of ether oxygens (including phenoxy) is 1. The van der Waals surface area contributed by atoms with E-state index in [-0.39, 0.29) is 22.1 Å². The van der Waals surface area contributed by atoms with E-state index in [1.807, 2.05) is 0 Å². The first-order valence-electron chi connectivity index (χ1n) is 8.87. The number of hydrogen-bond acceptors (Lipinski definition) is 4. The van der Waals surface area contributed by atoms with Crippen molar-refractivity contribution in [3.63, 3.8) is 0 Å². The van der Waals surface area contributed by atoms with Crippen LogP contribution in [0.15, 0.2) is 75.9 Å². The van der Waals surface area contributed by atoms with Crippen molar-refractivity contribution < 1.29 is 13.9 Å². The molecule has 4 rings (SSSR count). The summed E-state index contributed by atoms with van der Waals surface area (Å²) in [6.07, 6.45) is 0. The lowest BCUT2D eigenvalue weighted by molar-refractivity contribution is 0.0920. The Kier molecular flexibility index (Phi) is 5.82. The van der Waals surface area contributed by atoms with Crippen LogP contribution in [0, 0.1) is 0 Å². The number of halogens is 3. The van der Waals surface area contributed by atoms with Crippen molar-refractivity contribution in [3.05, 3.63) is 97.6 Å². The monoisotopic (exact) mass is 458 g/mol. The summed E-state index contributed by atoms with van der Waals surface area (Å²) in [5.74, 6) is -0.353. The van der Waals surface area contributed by atoms with Crippen LogP contribution in [-0.2, 0) is 0 Å². The summed E-state index contributed by atoms with van der Waals surface area (Å²) in [6, 6.07) is 18.2. The fraction of sp³-hybridized carbons (Fsp3) is 0.0435. The summed E-state index contributed by atoms with van der Waals surface area (Å²) in [4.78, 5) is 25.7. The van der Waals surface area contributed by atoms with Gasteiger partial charge in [-0.3, -0.25) is 9.59 Å². The molecule has 1 aromatic heterocycles. The summed E-state index contributed by atoms with van der Waals surface area (Å²) in [7, 11) is 0. The first-order valence-corrected chi connectivity index (χ1v) is 10.0. The van der Waals surface area contributed by atoms with Crippen LogP contribution in [0.5, 0.6) is 5.75 Å². The zero-order valence-corrected chi connectivity index (χ0v) is 17.6. The Labute approximate surface area is 186 Å². The smallest absolute Gasteiger partial charge is 0.235 e. The molecule has 30 heavy (non-hydrogen) atoms. The predicted octanol–water partition coefficient (Wildman–Crippen LogP) is 6.68. The molecule has 0 saturated heterocycles. The molecule has 0 aliphatic rings. The van der Waals surface area contributed by atoms with Crippen LogP contribution in [0.4, 0.5) is 0 Å². The third-order valence-electron chi connectivity index (χ3n) is 4.45. The predicted molar refractivity (Wildman–Crippen MR) is 119 cm³/mol. The van der Waals surface area contributed by atoms with Crippen molar-refractivity contribution in [2.75, 3.05) is 6.61 Å². The molecule has 0 spiro atoms. The number of ketones is 1. The average Bonchev–Trinajstić information content (AvgIpc) is 2.73. The van der Waals surface area contributed by atoms with Crippen LogP contribution in [-0.4, -0.2) is 12.4 Å². The minimum Gasteiger partial charge on any atom is -0.478 e. The number of hydrogen-bond donors (Lipinski definition) is 0. The Bertz CT molecular complexity index is 1330. The van der Waals surface area contributed by atoms with Gasteiger partial charge in [0.1, 0.15) is 5.58 Å². The first-order chi connectivity index (χ1) is 14.5. The van der Waals surface area contributed by atoms with Gasteiger partial charge in [-0.05, 0) is 42.5 Å². The molecule has 4 aromatic rings. The molecule has 0 saturated carbocycles. The molecule has 150 valence electrons. The average molecular weight is 460 g/mol. The van der Waals surface area contributed by atoms with Crippen LogP contribution in [0.1, 0.15) is 10.4 Å². The summed E-state index contributed by atoms with van der Waals surface area (Å²) in [6.45, 7) is -0.415. The van der Waals surface area contributed by atoms with Gasteiger partial charge in [-0.15, -0.1) is 0 Å². The summed E-state index contributed by atoms with van der Waals surface area (Å²) in [5.41, 5.74) is 0.707. The second-order valence-electron chi connectivity index (χ2n) is 6.40. The lowest BCUT2D eigenvalue weighted by Gasteiger charge is -2.12. The highest BCUT2D eigenvalue weighted by molar-refractivity contribution is 6.37. The number of para-hydroxylation sites is 1. The molecule has 0 amide bonds. The maximum atomic E-state index is 13.1. The maximum Gasteiger partial charge on any atom is 0.235 e. The van der Waals surface area contributed by atoms with Gasteiger partial charge < -0.3 is 9.15 Å². The van der Waals surface area contributed by atoms with Gasteiger partial charge in [-0.2, -0.15) is 0 Å². The van der Waals surface area contributed by atoms with Gasteiger partial charge >= 0.3 is 0 Å². The zero-order chi connectivity index (χ0) is 21.3. The maximum absolute atomic E-state index is 13.1. The van der Waals surface area contributed by atoms with E-state index in [1.165, 1.54) is 12.1 Å². The van der Waals surface area contributed by atoms with E-state index in [1.54, 1.807) is 54.6 Å². The van der Waals surface area contributed by atoms with Crippen molar-refractivity contribution in [2.24, 2.45) is 0 Å². The van der Waals surface area contributed by atoms with Crippen molar-refractivity contribution in [3.8, 4) is 17.1 Å². The molecule has 3 aromatic carbocycles. The molecule has 7 heteroatoms. The molecule has 0 aliphatic carbocycles. The standard InChI is InChI=1S/C23H13Cl3O4/c24-13-9-10-14(18(26)11-13)19(27)12-29-23-21(28)16-6-2-4-8-20(16)30-22(23)15-5-1-3-7-17(15)25/h1-11H,12H2. The van der Waals surface area contributed by atoms with E-state index in [0.717, 1.165) is 0 Å². The Morgan fingerprint density at radius 3 is 2.40 bits per heavy atom. The van der Waals surface area contributed by atoms with Crippen molar-refractivity contribution in [2.45, 2.75) is 0 Å². The van der Waals surface area contributed by atoms with Crippen LogP contribution in [0.25, 0.3) is 22.3 Å². The number of Topliss-reactive ketones (excluding diaryl/α,β-unsaturated/α-hetero) is 1. The minimum atomic E-state index is -0.415. The Hall–Kier alpha value is -2.79. The molecule has 0 radical (unpaired) electrons. The van der Waals surface area contributed by atoms with Crippen LogP contribution >= 0.6 is 34.8 Å². The third kappa shape index (κ3) is 3.94. The normalized spacial score (nSPS) is 10.9. The lowest BCUT2D eigenvalue weighted by atomic mass is 10.1. The Morgan fingerprint density at radius 1 is 0.900 bits per heavy atom. The van der Waals surface area contributed by atoms with Gasteiger partial charge in [0.2, 0.25) is 17.0 Å². The number of carbonyl (C=O) groups excluding carboxylic acids is 1. The van der Waals surface area contributed by atoms with Gasteiger partial charge in [-0.25, -0.2) is 0 Å². The molecule has 0 fully saturated rings. The number of carbonyl (C=O) groups is 1.